The first-order valence-electron chi connectivity index (χ1n) is 6.37. The summed E-state index contributed by atoms with van der Waals surface area (Å²) in [6.07, 6.45) is 1.35. The first kappa shape index (κ1) is 14.7. The average Bonchev–Trinajstić information content (AvgIpc) is 3.14. The fourth-order valence-electron chi connectivity index (χ4n) is 1.99. The van der Waals surface area contributed by atoms with E-state index in [0.717, 1.165) is 5.56 Å². The number of amides is 1. The summed E-state index contributed by atoms with van der Waals surface area (Å²) in [5.41, 5.74) is 0.875. The molecule has 1 aromatic carbocycles. The number of hydrazone groups is 1. The van der Waals surface area contributed by atoms with Gasteiger partial charge in [0.1, 0.15) is 0 Å². The highest BCUT2D eigenvalue weighted by Gasteiger charge is 2.29. The van der Waals surface area contributed by atoms with Gasteiger partial charge in [-0.3, -0.25) is 4.79 Å². The van der Waals surface area contributed by atoms with Gasteiger partial charge in [0, 0.05) is 0 Å². The van der Waals surface area contributed by atoms with Crippen LogP contribution in [0.5, 0.6) is 0 Å². The molecule has 114 valence electrons. The van der Waals surface area contributed by atoms with Gasteiger partial charge in [-0.25, -0.2) is 5.01 Å². The number of carbonyl (C=O) groups is 1. The quantitative estimate of drug-likeness (QED) is 0.850. The van der Waals surface area contributed by atoms with Crippen LogP contribution in [-0.4, -0.2) is 23.7 Å². The molecule has 2 aromatic rings. The summed E-state index contributed by atoms with van der Waals surface area (Å²) in [6, 6.07) is 8.72. The van der Waals surface area contributed by atoms with Crippen LogP contribution in [0.4, 0.5) is 0 Å². The number of hydrogen-bond donors (Lipinski definition) is 1. The zero-order valence-electron chi connectivity index (χ0n) is 11.2. The van der Waals surface area contributed by atoms with Crippen LogP contribution < -0.4 is 5.32 Å². The molecule has 0 saturated carbocycles. The zero-order valence-corrected chi connectivity index (χ0v) is 12.7. The number of halogens is 2. The predicted octanol–water partition coefficient (Wildman–Crippen LogP) is 2.81. The summed E-state index contributed by atoms with van der Waals surface area (Å²) in [4.78, 5) is 10.7. The summed E-state index contributed by atoms with van der Waals surface area (Å²) in [6.45, 7) is 0.382. The molecule has 1 aromatic heterocycles. The van der Waals surface area contributed by atoms with Gasteiger partial charge in [0.2, 0.25) is 6.41 Å². The number of carbonyl (C=O) groups excluding carboxylic acids is 1. The lowest BCUT2D eigenvalue weighted by atomic mass is 10.2. The van der Waals surface area contributed by atoms with Crippen LogP contribution >= 0.6 is 23.2 Å². The Morgan fingerprint density at radius 3 is 2.86 bits per heavy atom. The van der Waals surface area contributed by atoms with Crippen molar-refractivity contribution in [2.24, 2.45) is 5.10 Å². The van der Waals surface area contributed by atoms with Crippen LogP contribution in [0, 0.1) is 0 Å². The fraction of sp³-hybridized carbons (Fsp3) is 0.143. The number of rotatable bonds is 5. The van der Waals surface area contributed by atoms with E-state index < -0.39 is 6.35 Å². The maximum atomic E-state index is 10.7. The second kappa shape index (κ2) is 6.29. The fourth-order valence-corrected chi connectivity index (χ4v) is 2.31. The van der Waals surface area contributed by atoms with Crippen molar-refractivity contribution in [1.29, 1.82) is 0 Å². The van der Waals surface area contributed by atoms with E-state index in [1.54, 1.807) is 29.3 Å². The molecular formula is C14H11Cl2N3O3. The molecule has 1 aliphatic heterocycles. The summed E-state index contributed by atoms with van der Waals surface area (Å²) >= 11 is 11.9. The van der Waals surface area contributed by atoms with Crippen molar-refractivity contribution < 1.29 is 13.9 Å². The van der Waals surface area contributed by atoms with Crippen molar-refractivity contribution >= 4 is 35.5 Å². The summed E-state index contributed by atoms with van der Waals surface area (Å²) in [7, 11) is 0. The SMILES string of the molecule is O=CNC1OC(c2ccco2)=NN1Cc1ccc(Cl)c(Cl)c1. The first-order chi connectivity index (χ1) is 10.7. The van der Waals surface area contributed by atoms with Gasteiger partial charge < -0.3 is 14.5 Å². The normalized spacial score (nSPS) is 17.1. The van der Waals surface area contributed by atoms with E-state index in [9.17, 15) is 4.79 Å². The van der Waals surface area contributed by atoms with Crippen molar-refractivity contribution in [3.63, 3.8) is 0 Å². The number of ether oxygens (including phenoxy) is 1. The van der Waals surface area contributed by atoms with E-state index >= 15 is 0 Å². The largest absolute Gasteiger partial charge is 0.459 e. The number of nitrogens with one attached hydrogen (secondary N) is 1. The molecule has 6 nitrogen and oxygen atoms in total. The van der Waals surface area contributed by atoms with E-state index in [4.69, 9.17) is 32.4 Å². The van der Waals surface area contributed by atoms with Crippen molar-refractivity contribution in [1.82, 2.24) is 10.3 Å². The summed E-state index contributed by atoms with van der Waals surface area (Å²) in [5.74, 6) is 0.777. The second-order valence-electron chi connectivity index (χ2n) is 4.48. The van der Waals surface area contributed by atoms with E-state index in [2.05, 4.69) is 10.4 Å². The van der Waals surface area contributed by atoms with Gasteiger partial charge in [-0.05, 0) is 29.8 Å². The standard InChI is InChI=1S/C14H11Cl2N3O3/c15-10-4-3-9(6-11(10)16)7-19-14(17-8-20)22-13(18-19)12-2-1-5-21-12/h1-6,8,14H,7H2,(H,17,20). The number of hydrogen-bond acceptors (Lipinski definition) is 5. The van der Waals surface area contributed by atoms with E-state index in [1.165, 1.54) is 6.26 Å². The molecule has 1 amide bonds. The average molecular weight is 340 g/mol. The molecule has 1 atom stereocenters. The highest BCUT2D eigenvalue weighted by Crippen LogP contribution is 2.25. The van der Waals surface area contributed by atoms with Crippen LogP contribution in [0.1, 0.15) is 11.3 Å². The van der Waals surface area contributed by atoms with Gasteiger partial charge in [0.15, 0.2) is 5.76 Å². The van der Waals surface area contributed by atoms with Crippen molar-refractivity contribution in [2.45, 2.75) is 12.9 Å². The van der Waals surface area contributed by atoms with Crippen molar-refractivity contribution in [3.8, 4) is 0 Å². The Kier molecular flexibility index (Phi) is 4.22. The van der Waals surface area contributed by atoms with Gasteiger partial charge in [-0.2, -0.15) is 0 Å². The Balaban J connectivity index is 1.82. The summed E-state index contributed by atoms with van der Waals surface area (Å²) in [5, 5.41) is 9.36. The van der Waals surface area contributed by atoms with Gasteiger partial charge in [0.05, 0.1) is 22.9 Å². The van der Waals surface area contributed by atoms with E-state index in [-0.39, 0.29) is 0 Å². The van der Waals surface area contributed by atoms with Gasteiger partial charge in [0.25, 0.3) is 12.2 Å². The van der Waals surface area contributed by atoms with Crippen LogP contribution in [0.15, 0.2) is 46.1 Å². The molecule has 8 heteroatoms. The molecule has 22 heavy (non-hydrogen) atoms. The van der Waals surface area contributed by atoms with Crippen LogP contribution in [-0.2, 0) is 16.1 Å². The van der Waals surface area contributed by atoms with E-state index in [1.807, 2.05) is 6.07 Å². The Bertz CT molecular complexity index is 703. The van der Waals surface area contributed by atoms with Gasteiger partial charge in [-0.1, -0.05) is 29.3 Å². The lowest BCUT2D eigenvalue weighted by Crippen LogP contribution is -2.40. The molecule has 0 spiro atoms. The molecule has 1 aliphatic rings. The minimum atomic E-state index is -0.716. The molecule has 1 N–H and O–H groups in total. The third-order valence-corrected chi connectivity index (χ3v) is 3.72. The number of nitrogens with zero attached hydrogens (tertiary/aromatic N) is 2. The topological polar surface area (TPSA) is 67.1 Å². The predicted molar refractivity (Wildman–Crippen MR) is 81.3 cm³/mol. The molecule has 0 aliphatic carbocycles. The molecule has 2 heterocycles. The monoisotopic (exact) mass is 339 g/mol. The maximum absolute atomic E-state index is 10.7. The Labute approximate surface area is 136 Å². The molecule has 1 unspecified atom stereocenters. The van der Waals surface area contributed by atoms with Crippen molar-refractivity contribution in [2.75, 3.05) is 0 Å². The molecular weight excluding hydrogens is 329 g/mol. The van der Waals surface area contributed by atoms with E-state index in [0.29, 0.717) is 34.7 Å². The molecule has 0 radical (unpaired) electrons. The Hall–Kier alpha value is -2.18. The van der Waals surface area contributed by atoms with Crippen molar-refractivity contribution in [3.05, 3.63) is 58.0 Å². The maximum Gasteiger partial charge on any atom is 0.278 e. The third kappa shape index (κ3) is 3.03. The number of benzene rings is 1. The molecule has 0 bridgehead atoms. The molecule has 0 fully saturated rings. The Morgan fingerprint density at radius 1 is 1.32 bits per heavy atom. The third-order valence-electron chi connectivity index (χ3n) is 2.98. The van der Waals surface area contributed by atoms with Gasteiger partial charge in [-0.15, -0.1) is 5.10 Å². The smallest absolute Gasteiger partial charge is 0.278 e. The lowest BCUT2D eigenvalue weighted by molar-refractivity contribution is -0.114. The number of furan rings is 1. The van der Waals surface area contributed by atoms with Gasteiger partial charge >= 0.3 is 0 Å². The van der Waals surface area contributed by atoms with Crippen LogP contribution in [0.3, 0.4) is 0 Å². The molecule has 3 rings (SSSR count). The second-order valence-corrected chi connectivity index (χ2v) is 5.30. The van der Waals surface area contributed by atoms with Crippen LogP contribution in [0.2, 0.25) is 10.0 Å². The minimum Gasteiger partial charge on any atom is -0.459 e. The highest BCUT2D eigenvalue weighted by atomic mass is 35.5. The zero-order chi connectivity index (χ0) is 15.5. The molecule has 0 saturated heterocycles. The summed E-state index contributed by atoms with van der Waals surface area (Å²) < 4.78 is 10.8. The van der Waals surface area contributed by atoms with Crippen LogP contribution in [0.25, 0.3) is 0 Å². The lowest BCUT2D eigenvalue weighted by Gasteiger charge is -2.20. The highest BCUT2D eigenvalue weighted by molar-refractivity contribution is 6.42. The minimum absolute atomic E-state index is 0.296. The Morgan fingerprint density at radius 2 is 2.18 bits per heavy atom. The first-order valence-corrected chi connectivity index (χ1v) is 7.12.